The SMILES string of the molecule is O=C(NCC(NC(=O)c1c(Cl)cc(-c2ccccc2)cc1Cl)C(=O)O)NC1CCc2ccccc21. The monoisotopic (exact) mass is 511 g/mol. The van der Waals surface area contributed by atoms with Gasteiger partial charge >= 0.3 is 12.0 Å². The van der Waals surface area contributed by atoms with Gasteiger partial charge in [0.05, 0.1) is 28.2 Å². The van der Waals surface area contributed by atoms with Gasteiger partial charge in [0.15, 0.2) is 0 Å². The minimum Gasteiger partial charge on any atom is -0.480 e. The van der Waals surface area contributed by atoms with Crippen LogP contribution in [0.15, 0.2) is 66.7 Å². The normalized spacial score (nSPS) is 15.1. The Kier molecular flexibility index (Phi) is 7.58. The van der Waals surface area contributed by atoms with Crippen molar-refractivity contribution in [2.45, 2.75) is 24.9 Å². The Hall–Kier alpha value is -3.55. The molecule has 180 valence electrons. The Morgan fingerprint density at radius 2 is 1.60 bits per heavy atom. The molecule has 4 rings (SSSR count). The van der Waals surface area contributed by atoms with Gasteiger partial charge in [0.25, 0.3) is 5.91 Å². The van der Waals surface area contributed by atoms with Crippen LogP contribution in [-0.2, 0) is 11.2 Å². The molecule has 0 heterocycles. The van der Waals surface area contributed by atoms with Crippen LogP contribution in [0.1, 0.15) is 33.9 Å². The summed E-state index contributed by atoms with van der Waals surface area (Å²) in [5.41, 5.74) is 3.78. The number of hydrogen-bond acceptors (Lipinski definition) is 3. The van der Waals surface area contributed by atoms with Crippen LogP contribution < -0.4 is 16.0 Å². The van der Waals surface area contributed by atoms with Crippen LogP contribution in [0.3, 0.4) is 0 Å². The van der Waals surface area contributed by atoms with E-state index in [1.807, 2.05) is 54.6 Å². The molecule has 3 aromatic rings. The van der Waals surface area contributed by atoms with Crippen molar-refractivity contribution < 1.29 is 19.5 Å². The number of benzene rings is 3. The molecule has 0 bridgehead atoms. The van der Waals surface area contributed by atoms with Crippen molar-refractivity contribution >= 4 is 41.1 Å². The van der Waals surface area contributed by atoms with Gasteiger partial charge in [-0.2, -0.15) is 0 Å². The summed E-state index contributed by atoms with van der Waals surface area (Å²) in [6, 6.07) is 18.4. The molecule has 3 aromatic carbocycles. The Labute approximate surface area is 212 Å². The third-order valence-corrected chi connectivity index (χ3v) is 6.48. The predicted octanol–water partition coefficient (Wildman–Crippen LogP) is 4.83. The van der Waals surface area contributed by atoms with E-state index in [4.69, 9.17) is 23.2 Å². The van der Waals surface area contributed by atoms with Crippen molar-refractivity contribution in [1.29, 1.82) is 0 Å². The van der Waals surface area contributed by atoms with E-state index in [0.29, 0.717) is 0 Å². The van der Waals surface area contributed by atoms with Gasteiger partial charge in [-0.25, -0.2) is 9.59 Å². The number of carboxylic acids is 1. The summed E-state index contributed by atoms with van der Waals surface area (Å²) in [7, 11) is 0. The summed E-state index contributed by atoms with van der Waals surface area (Å²) < 4.78 is 0. The molecule has 1 aliphatic rings. The van der Waals surface area contributed by atoms with Crippen LogP contribution >= 0.6 is 23.2 Å². The number of carboxylic acid groups (broad SMARTS) is 1. The van der Waals surface area contributed by atoms with E-state index in [1.54, 1.807) is 12.1 Å². The average Bonchev–Trinajstić information content (AvgIpc) is 3.24. The van der Waals surface area contributed by atoms with Crippen LogP contribution in [0, 0.1) is 0 Å². The number of nitrogens with one attached hydrogen (secondary N) is 3. The first-order valence-corrected chi connectivity index (χ1v) is 11.8. The van der Waals surface area contributed by atoms with Gasteiger partial charge in [0.1, 0.15) is 6.04 Å². The second kappa shape index (κ2) is 10.8. The van der Waals surface area contributed by atoms with Crippen LogP contribution in [0.4, 0.5) is 4.79 Å². The van der Waals surface area contributed by atoms with E-state index in [2.05, 4.69) is 16.0 Å². The molecular weight excluding hydrogens is 489 g/mol. The Morgan fingerprint density at radius 3 is 2.29 bits per heavy atom. The van der Waals surface area contributed by atoms with Gasteiger partial charge in [-0.05, 0) is 47.2 Å². The number of urea groups is 1. The third kappa shape index (κ3) is 5.75. The van der Waals surface area contributed by atoms with Crippen molar-refractivity contribution in [1.82, 2.24) is 16.0 Å². The molecule has 0 radical (unpaired) electrons. The molecule has 4 N–H and O–H groups in total. The molecule has 2 unspecified atom stereocenters. The lowest BCUT2D eigenvalue weighted by Crippen LogP contribution is -2.50. The zero-order chi connectivity index (χ0) is 24.9. The Bertz CT molecular complexity index is 1240. The molecule has 9 heteroatoms. The zero-order valence-electron chi connectivity index (χ0n) is 18.6. The fourth-order valence-electron chi connectivity index (χ4n) is 4.13. The predicted molar refractivity (Wildman–Crippen MR) is 135 cm³/mol. The van der Waals surface area contributed by atoms with E-state index in [1.165, 1.54) is 5.56 Å². The van der Waals surface area contributed by atoms with Gasteiger partial charge < -0.3 is 21.1 Å². The van der Waals surface area contributed by atoms with E-state index >= 15 is 0 Å². The van der Waals surface area contributed by atoms with Gasteiger partial charge in [-0.1, -0.05) is 77.8 Å². The Morgan fingerprint density at radius 1 is 0.943 bits per heavy atom. The van der Waals surface area contributed by atoms with Crippen LogP contribution in [0.25, 0.3) is 11.1 Å². The number of aryl methyl sites for hydroxylation is 1. The van der Waals surface area contributed by atoms with E-state index in [9.17, 15) is 19.5 Å². The smallest absolute Gasteiger partial charge is 0.328 e. The fraction of sp³-hybridized carbons (Fsp3) is 0.192. The maximum absolute atomic E-state index is 12.8. The maximum atomic E-state index is 12.8. The van der Waals surface area contributed by atoms with Crippen molar-refractivity contribution in [2.24, 2.45) is 0 Å². The first-order valence-electron chi connectivity index (χ1n) is 11.0. The molecule has 3 amide bonds. The highest BCUT2D eigenvalue weighted by atomic mass is 35.5. The molecule has 0 aromatic heterocycles. The van der Waals surface area contributed by atoms with Crippen molar-refractivity contribution in [2.75, 3.05) is 6.54 Å². The van der Waals surface area contributed by atoms with Crippen molar-refractivity contribution in [3.63, 3.8) is 0 Å². The van der Waals surface area contributed by atoms with Gasteiger partial charge in [-0.15, -0.1) is 0 Å². The number of fused-ring (bicyclic) bond motifs is 1. The minimum atomic E-state index is -1.38. The molecule has 1 aliphatic carbocycles. The second-order valence-electron chi connectivity index (χ2n) is 8.19. The summed E-state index contributed by atoms with van der Waals surface area (Å²) in [6.45, 7) is -0.321. The highest BCUT2D eigenvalue weighted by molar-refractivity contribution is 6.40. The maximum Gasteiger partial charge on any atom is 0.328 e. The molecular formula is C26H23Cl2N3O4. The number of carbonyl (C=O) groups excluding carboxylic acids is 2. The summed E-state index contributed by atoms with van der Waals surface area (Å²) in [5.74, 6) is -2.06. The number of halogens is 2. The quantitative estimate of drug-likeness (QED) is 0.364. The highest BCUT2D eigenvalue weighted by Crippen LogP contribution is 2.32. The Balaban J connectivity index is 1.39. The summed E-state index contributed by atoms with van der Waals surface area (Å²) in [4.78, 5) is 37.0. The summed E-state index contributed by atoms with van der Waals surface area (Å²) >= 11 is 12.7. The molecule has 35 heavy (non-hydrogen) atoms. The first-order chi connectivity index (χ1) is 16.8. The van der Waals surface area contributed by atoms with E-state index in [0.717, 1.165) is 29.5 Å². The second-order valence-corrected chi connectivity index (χ2v) is 9.00. The lowest BCUT2D eigenvalue weighted by atomic mass is 10.0. The molecule has 0 fully saturated rings. The molecule has 0 aliphatic heterocycles. The van der Waals surface area contributed by atoms with Crippen molar-refractivity contribution in [3.05, 3.63) is 93.5 Å². The van der Waals surface area contributed by atoms with E-state index in [-0.39, 0.29) is 28.2 Å². The first kappa shape index (κ1) is 24.6. The fourth-order valence-corrected chi connectivity index (χ4v) is 4.79. The van der Waals surface area contributed by atoms with Gasteiger partial charge in [-0.3, -0.25) is 4.79 Å². The van der Waals surface area contributed by atoms with Crippen LogP contribution in [0.5, 0.6) is 0 Å². The van der Waals surface area contributed by atoms with E-state index < -0.39 is 23.9 Å². The number of hydrogen-bond donors (Lipinski definition) is 4. The topological polar surface area (TPSA) is 108 Å². The molecule has 7 nitrogen and oxygen atoms in total. The highest BCUT2D eigenvalue weighted by Gasteiger charge is 2.26. The summed E-state index contributed by atoms with van der Waals surface area (Å²) in [5, 5.41) is 17.5. The lowest BCUT2D eigenvalue weighted by molar-refractivity contribution is -0.139. The number of amides is 3. The van der Waals surface area contributed by atoms with Gasteiger partial charge in [0.2, 0.25) is 0 Å². The minimum absolute atomic E-state index is 0.0359. The van der Waals surface area contributed by atoms with Crippen LogP contribution in [-0.4, -0.2) is 35.6 Å². The number of carbonyl (C=O) groups is 3. The molecule has 0 spiro atoms. The molecule has 2 atom stereocenters. The largest absolute Gasteiger partial charge is 0.480 e. The standard InChI is InChI=1S/C26H23Cl2N3O4/c27-19-12-17(15-6-2-1-3-7-15)13-20(28)23(19)24(32)30-22(25(33)34)14-29-26(35)31-21-11-10-16-8-4-5-9-18(16)21/h1-9,12-13,21-22H,10-11,14H2,(H,30,32)(H,33,34)(H2,29,31,35). The average molecular weight is 512 g/mol. The van der Waals surface area contributed by atoms with Crippen molar-refractivity contribution in [3.8, 4) is 11.1 Å². The summed E-state index contributed by atoms with van der Waals surface area (Å²) in [6.07, 6.45) is 1.63. The van der Waals surface area contributed by atoms with Gasteiger partial charge in [0, 0.05) is 0 Å². The number of aliphatic carboxylic acids is 1. The van der Waals surface area contributed by atoms with Crippen LogP contribution in [0.2, 0.25) is 10.0 Å². The number of rotatable bonds is 7. The zero-order valence-corrected chi connectivity index (χ0v) is 20.1. The third-order valence-electron chi connectivity index (χ3n) is 5.88. The molecule has 0 saturated carbocycles. The lowest BCUT2D eigenvalue weighted by Gasteiger charge is -2.19. The molecule has 0 saturated heterocycles.